The molecule has 0 aromatic heterocycles. The molecule has 1 unspecified atom stereocenters. The first-order chi connectivity index (χ1) is 11.1. The van der Waals surface area contributed by atoms with Crippen molar-refractivity contribution in [1.82, 2.24) is 4.31 Å². The van der Waals surface area contributed by atoms with Crippen molar-refractivity contribution in [3.8, 4) is 0 Å². The van der Waals surface area contributed by atoms with Crippen molar-refractivity contribution in [2.45, 2.75) is 17.9 Å². The molecule has 0 bridgehead atoms. The monoisotopic (exact) mass is 414 g/mol. The van der Waals surface area contributed by atoms with Crippen molar-refractivity contribution in [3.05, 3.63) is 63.9 Å². The van der Waals surface area contributed by atoms with Gasteiger partial charge in [-0.15, -0.1) is 0 Å². The molecule has 8 heteroatoms. The van der Waals surface area contributed by atoms with Crippen molar-refractivity contribution in [2.75, 3.05) is 7.05 Å². The second-order valence-electron chi connectivity index (χ2n) is 5.29. The van der Waals surface area contributed by atoms with E-state index in [4.69, 9.17) is 5.73 Å². The Morgan fingerprint density at radius 2 is 1.92 bits per heavy atom. The van der Waals surface area contributed by atoms with Crippen LogP contribution in [0.15, 0.2) is 51.8 Å². The summed E-state index contributed by atoms with van der Waals surface area (Å²) in [5.41, 5.74) is 6.27. The largest absolute Gasteiger partial charge is 0.368 e. The van der Waals surface area contributed by atoms with Gasteiger partial charge in [-0.3, -0.25) is 4.79 Å². The number of benzene rings is 2. The lowest BCUT2D eigenvalue weighted by Crippen LogP contribution is -2.39. The zero-order valence-electron chi connectivity index (χ0n) is 13.0. The van der Waals surface area contributed by atoms with Gasteiger partial charge in [-0.05, 0) is 48.4 Å². The lowest BCUT2D eigenvalue weighted by molar-refractivity contribution is -0.121. The molecule has 0 aliphatic heterocycles. The maximum atomic E-state index is 13.4. The van der Waals surface area contributed by atoms with Crippen LogP contribution in [0.5, 0.6) is 0 Å². The van der Waals surface area contributed by atoms with Crippen LogP contribution < -0.4 is 5.73 Å². The third-order valence-corrected chi connectivity index (χ3v) is 6.31. The molecule has 2 aromatic rings. The topological polar surface area (TPSA) is 80.5 Å². The van der Waals surface area contributed by atoms with E-state index in [1.807, 2.05) is 0 Å². The van der Waals surface area contributed by atoms with Crippen molar-refractivity contribution in [1.29, 1.82) is 0 Å². The van der Waals surface area contributed by atoms with Gasteiger partial charge in [0.1, 0.15) is 11.9 Å². The number of aryl methyl sites for hydroxylation is 1. The average molecular weight is 415 g/mol. The quantitative estimate of drug-likeness (QED) is 0.816. The van der Waals surface area contributed by atoms with Crippen molar-refractivity contribution >= 4 is 31.9 Å². The molecule has 2 rings (SSSR count). The van der Waals surface area contributed by atoms with E-state index in [1.165, 1.54) is 37.4 Å². The Morgan fingerprint density at radius 3 is 2.46 bits per heavy atom. The number of rotatable bonds is 5. The van der Waals surface area contributed by atoms with Gasteiger partial charge >= 0.3 is 0 Å². The summed E-state index contributed by atoms with van der Waals surface area (Å²) in [6.07, 6.45) is 0. The first-order valence-corrected chi connectivity index (χ1v) is 9.17. The Labute approximate surface area is 148 Å². The van der Waals surface area contributed by atoms with Crippen LogP contribution in [0.4, 0.5) is 4.39 Å². The van der Waals surface area contributed by atoms with Crippen molar-refractivity contribution in [2.24, 2.45) is 5.73 Å². The van der Waals surface area contributed by atoms with Crippen LogP contribution in [-0.2, 0) is 14.8 Å². The Bertz CT molecular complexity index is 887. The highest BCUT2D eigenvalue weighted by molar-refractivity contribution is 9.10. The van der Waals surface area contributed by atoms with Gasteiger partial charge in [0.15, 0.2) is 0 Å². The molecule has 0 heterocycles. The Kier molecular flexibility index (Phi) is 5.42. The lowest BCUT2D eigenvalue weighted by atomic mass is 10.1. The van der Waals surface area contributed by atoms with Gasteiger partial charge in [0.05, 0.1) is 4.90 Å². The smallest absolute Gasteiger partial charge is 0.243 e. The summed E-state index contributed by atoms with van der Waals surface area (Å²) in [5.74, 6) is -1.47. The highest BCUT2D eigenvalue weighted by atomic mass is 79.9. The minimum Gasteiger partial charge on any atom is -0.368 e. The number of primary amides is 1. The number of carbonyl (C=O) groups is 1. The molecule has 0 saturated carbocycles. The second-order valence-corrected chi connectivity index (χ2v) is 8.14. The van der Waals surface area contributed by atoms with E-state index in [-0.39, 0.29) is 10.5 Å². The maximum Gasteiger partial charge on any atom is 0.243 e. The first kappa shape index (κ1) is 18.6. The molecule has 128 valence electrons. The number of hydrogen-bond donors (Lipinski definition) is 1. The van der Waals surface area contributed by atoms with E-state index in [9.17, 15) is 17.6 Å². The summed E-state index contributed by atoms with van der Waals surface area (Å²) in [7, 11) is -2.75. The Hall–Kier alpha value is -1.77. The number of carbonyl (C=O) groups excluding carboxylic acids is 1. The maximum absolute atomic E-state index is 13.4. The van der Waals surface area contributed by atoms with Gasteiger partial charge in [0.2, 0.25) is 15.9 Å². The SMILES string of the molecule is Cc1cc(S(=O)(=O)N(C)C(C(N)=O)c2cccc(F)c2)ccc1Br. The van der Waals surface area contributed by atoms with Crippen LogP contribution in [0.3, 0.4) is 0 Å². The van der Waals surface area contributed by atoms with Gasteiger partial charge < -0.3 is 5.73 Å². The molecule has 0 fully saturated rings. The molecule has 2 N–H and O–H groups in total. The average Bonchev–Trinajstić information content (AvgIpc) is 2.49. The number of sulfonamides is 1. The predicted octanol–water partition coefficient (Wildman–Crippen LogP) is 2.74. The molecule has 0 aliphatic rings. The normalized spacial score (nSPS) is 13.0. The molecular formula is C16H16BrFN2O3S. The third kappa shape index (κ3) is 3.66. The molecule has 1 atom stereocenters. The number of halogens is 2. The second kappa shape index (κ2) is 7.00. The molecule has 2 aromatic carbocycles. The standard InChI is InChI=1S/C16H16BrFN2O3S/c1-10-8-13(6-7-14(10)17)24(22,23)20(2)15(16(19)21)11-4-3-5-12(18)9-11/h3-9,15H,1-2H3,(H2,19,21). The number of nitrogens with zero attached hydrogens (tertiary/aromatic N) is 1. The van der Waals surface area contributed by atoms with Gasteiger partial charge in [0, 0.05) is 11.5 Å². The minimum atomic E-state index is -3.99. The molecule has 5 nitrogen and oxygen atoms in total. The highest BCUT2D eigenvalue weighted by Crippen LogP contribution is 2.28. The summed E-state index contributed by atoms with van der Waals surface area (Å²) >= 11 is 3.31. The van der Waals surface area contributed by atoms with Crippen LogP contribution in [0.25, 0.3) is 0 Å². The Morgan fingerprint density at radius 1 is 1.25 bits per heavy atom. The summed E-state index contributed by atoms with van der Waals surface area (Å²) in [4.78, 5) is 11.9. The van der Waals surface area contributed by atoms with Crippen molar-refractivity contribution < 1.29 is 17.6 Å². The predicted molar refractivity (Wildman–Crippen MR) is 92.2 cm³/mol. The van der Waals surface area contributed by atoms with Gasteiger partial charge in [-0.1, -0.05) is 28.1 Å². The van der Waals surface area contributed by atoms with Gasteiger partial charge in [-0.25, -0.2) is 12.8 Å². The fraction of sp³-hybridized carbons (Fsp3) is 0.188. The molecule has 0 saturated heterocycles. The van der Waals surface area contributed by atoms with E-state index >= 15 is 0 Å². The van der Waals surface area contributed by atoms with E-state index in [1.54, 1.807) is 13.0 Å². The zero-order chi connectivity index (χ0) is 18.1. The first-order valence-electron chi connectivity index (χ1n) is 6.93. The molecule has 0 aliphatic carbocycles. The number of amides is 1. The van der Waals surface area contributed by atoms with Crippen molar-refractivity contribution in [3.63, 3.8) is 0 Å². The summed E-state index contributed by atoms with van der Waals surface area (Å²) < 4.78 is 40.7. The lowest BCUT2D eigenvalue weighted by Gasteiger charge is -2.25. The summed E-state index contributed by atoms with van der Waals surface area (Å²) in [6, 6.07) is 8.35. The molecule has 0 radical (unpaired) electrons. The fourth-order valence-electron chi connectivity index (χ4n) is 2.31. The van der Waals surface area contributed by atoms with E-state index in [0.29, 0.717) is 0 Å². The van der Waals surface area contributed by atoms with E-state index in [2.05, 4.69) is 15.9 Å². The Balaban J connectivity index is 2.51. The van der Waals surface area contributed by atoms with Gasteiger partial charge in [-0.2, -0.15) is 4.31 Å². The van der Waals surface area contributed by atoms with E-state index in [0.717, 1.165) is 20.4 Å². The number of nitrogens with two attached hydrogens (primary N) is 1. The van der Waals surface area contributed by atoms with Crippen LogP contribution >= 0.6 is 15.9 Å². The zero-order valence-corrected chi connectivity index (χ0v) is 15.4. The molecule has 0 spiro atoms. The van der Waals surface area contributed by atoms with Crippen LogP contribution in [0, 0.1) is 12.7 Å². The van der Waals surface area contributed by atoms with Crippen LogP contribution in [-0.4, -0.2) is 25.7 Å². The molecule has 1 amide bonds. The minimum absolute atomic E-state index is 0.0216. The summed E-state index contributed by atoms with van der Waals surface area (Å²) in [6.45, 7) is 1.75. The van der Waals surface area contributed by atoms with Gasteiger partial charge in [0.25, 0.3) is 0 Å². The van der Waals surface area contributed by atoms with Crippen LogP contribution in [0.1, 0.15) is 17.2 Å². The molecular weight excluding hydrogens is 399 g/mol. The fourth-order valence-corrected chi connectivity index (χ4v) is 3.96. The van der Waals surface area contributed by atoms with Crippen LogP contribution in [0.2, 0.25) is 0 Å². The number of likely N-dealkylation sites (N-methyl/N-ethyl adjacent to an activating group) is 1. The molecule has 24 heavy (non-hydrogen) atoms. The number of hydrogen-bond acceptors (Lipinski definition) is 3. The highest BCUT2D eigenvalue weighted by Gasteiger charge is 2.33. The van der Waals surface area contributed by atoms with E-state index < -0.39 is 27.8 Å². The third-order valence-electron chi connectivity index (χ3n) is 3.60. The summed E-state index contributed by atoms with van der Waals surface area (Å²) in [5, 5.41) is 0.